The molecule has 0 radical (unpaired) electrons. The average molecular weight is 554 g/mol. The zero-order chi connectivity index (χ0) is 27.6. The maximum atomic E-state index is 12.9. The van der Waals surface area contributed by atoms with Gasteiger partial charge in [0.1, 0.15) is 11.4 Å². The lowest BCUT2D eigenvalue weighted by molar-refractivity contribution is -0.0500. The summed E-state index contributed by atoms with van der Waals surface area (Å²) in [7, 11) is -5.76. The number of rotatable bonds is 7. The van der Waals surface area contributed by atoms with Crippen LogP contribution in [0.3, 0.4) is 0 Å². The van der Waals surface area contributed by atoms with Gasteiger partial charge in [-0.2, -0.15) is 21.6 Å². The minimum absolute atomic E-state index is 0.0298. The maximum absolute atomic E-state index is 12.9. The summed E-state index contributed by atoms with van der Waals surface area (Å²) in [4.78, 5) is 4.92. The van der Waals surface area contributed by atoms with Crippen LogP contribution in [-0.2, 0) is 16.5 Å². The van der Waals surface area contributed by atoms with Crippen LogP contribution in [-0.4, -0.2) is 18.9 Å². The zero-order valence-corrected chi connectivity index (χ0v) is 21.9. The molecule has 0 N–H and O–H groups in total. The van der Waals surface area contributed by atoms with Crippen LogP contribution in [0.15, 0.2) is 89.4 Å². The number of oxazole rings is 1. The van der Waals surface area contributed by atoms with Crippen LogP contribution in [0.1, 0.15) is 36.3 Å². The Kier molecular flexibility index (Phi) is 7.36. The Morgan fingerprint density at radius 1 is 0.974 bits per heavy atom. The van der Waals surface area contributed by atoms with Gasteiger partial charge in [0.2, 0.25) is 5.89 Å². The van der Waals surface area contributed by atoms with E-state index in [1.54, 1.807) is 6.07 Å². The molecule has 5 nitrogen and oxygen atoms in total. The van der Waals surface area contributed by atoms with Gasteiger partial charge in [-0.05, 0) is 61.8 Å². The van der Waals surface area contributed by atoms with Gasteiger partial charge in [0.05, 0.1) is 0 Å². The Balaban J connectivity index is 1.49. The number of nitrogens with zero attached hydrogens (tertiary/aromatic N) is 1. The predicted octanol–water partition coefficient (Wildman–Crippen LogP) is 7.97. The summed E-state index contributed by atoms with van der Waals surface area (Å²) in [6.45, 7) is 1.83. The number of aromatic nitrogens is 1. The van der Waals surface area contributed by atoms with Crippen LogP contribution in [0.5, 0.6) is 5.75 Å². The van der Waals surface area contributed by atoms with Crippen LogP contribution in [0.25, 0.3) is 28.2 Å². The summed E-state index contributed by atoms with van der Waals surface area (Å²) in [5.41, 5.74) is -0.518. The molecule has 0 saturated heterocycles. The second kappa shape index (κ2) is 10.7. The molecule has 1 aliphatic rings. The minimum atomic E-state index is -5.76. The van der Waals surface area contributed by atoms with E-state index in [2.05, 4.69) is 10.3 Å². The molecule has 1 aromatic heterocycles. The summed E-state index contributed by atoms with van der Waals surface area (Å²) in [6, 6.07) is 23.7. The SMILES string of the molecule is Cc1ccc(OS(=O)(=O)C(F)(F)F)cc1CC1CCCC=C1c1nc(-c2ccccc2)c(-c2ccccc2)o1. The molecule has 1 aliphatic carbocycles. The molecule has 9 heteroatoms. The first-order valence-corrected chi connectivity index (χ1v) is 14.0. The van der Waals surface area contributed by atoms with Gasteiger partial charge in [-0.1, -0.05) is 72.8 Å². The maximum Gasteiger partial charge on any atom is 0.534 e. The van der Waals surface area contributed by atoms with Gasteiger partial charge >= 0.3 is 15.6 Å². The molecule has 1 unspecified atom stereocenters. The molecule has 0 amide bonds. The van der Waals surface area contributed by atoms with Crippen molar-refractivity contribution in [2.75, 3.05) is 0 Å². The first-order valence-electron chi connectivity index (χ1n) is 12.5. The van der Waals surface area contributed by atoms with E-state index in [4.69, 9.17) is 9.40 Å². The molecule has 0 spiro atoms. The third kappa shape index (κ3) is 5.78. The van der Waals surface area contributed by atoms with E-state index in [0.717, 1.165) is 47.2 Å². The van der Waals surface area contributed by atoms with Crippen molar-refractivity contribution in [1.82, 2.24) is 4.98 Å². The second-order valence-corrected chi connectivity index (χ2v) is 11.0. The van der Waals surface area contributed by atoms with Crippen molar-refractivity contribution < 1.29 is 30.2 Å². The van der Waals surface area contributed by atoms with Crippen molar-refractivity contribution in [2.45, 2.75) is 38.1 Å². The topological polar surface area (TPSA) is 69.4 Å². The highest BCUT2D eigenvalue weighted by Gasteiger charge is 2.48. The second-order valence-electron chi connectivity index (χ2n) is 9.49. The first-order chi connectivity index (χ1) is 18.6. The third-order valence-electron chi connectivity index (χ3n) is 6.79. The van der Waals surface area contributed by atoms with E-state index >= 15 is 0 Å². The number of hydrogen-bond acceptors (Lipinski definition) is 5. The molecule has 0 bridgehead atoms. The molecule has 4 aromatic rings. The van der Waals surface area contributed by atoms with Crippen LogP contribution in [0, 0.1) is 12.8 Å². The molecule has 1 heterocycles. The third-order valence-corrected chi connectivity index (χ3v) is 7.77. The van der Waals surface area contributed by atoms with Gasteiger partial charge in [0.25, 0.3) is 0 Å². The molecule has 39 heavy (non-hydrogen) atoms. The van der Waals surface area contributed by atoms with Crippen LogP contribution >= 0.6 is 0 Å². The summed E-state index contributed by atoms with van der Waals surface area (Å²) in [6.07, 6.45) is 5.17. The smallest absolute Gasteiger partial charge is 0.436 e. The standard InChI is InChI=1S/C30H26F3NO4S/c1-20-16-17-25(38-39(35,36)30(31,32)33)19-24(20)18-23-14-8-9-15-26(23)29-34-27(21-10-4-2-5-11-21)28(37-29)22-12-6-3-7-13-22/h2-7,10-13,15-17,19,23H,8-9,14,18H2,1H3. The number of aryl methyl sites for hydroxylation is 1. The molecule has 0 saturated carbocycles. The van der Waals surface area contributed by atoms with Gasteiger partial charge in [0.15, 0.2) is 5.76 Å². The van der Waals surface area contributed by atoms with E-state index in [1.165, 1.54) is 12.1 Å². The van der Waals surface area contributed by atoms with E-state index in [-0.39, 0.29) is 11.7 Å². The molecule has 0 fully saturated rings. The van der Waals surface area contributed by atoms with E-state index < -0.39 is 15.6 Å². The normalized spacial score (nSPS) is 16.1. The zero-order valence-electron chi connectivity index (χ0n) is 21.1. The van der Waals surface area contributed by atoms with Crippen molar-refractivity contribution in [3.63, 3.8) is 0 Å². The Hall–Kier alpha value is -3.85. The van der Waals surface area contributed by atoms with Gasteiger partial charge in [-0.15, -0.1) is 0 Å². The molecular weight excluding hydrogens is 527 g/mol. The molecule has 3 aromatic carbocycles. The molecule has 202 valence electrons. The lowest BCUT2D eigenvalue weighted by Crippen LogP contribution is -2.28. The van der Waals surface area contributed by atoms with Gasteiger partial charge < -0.3 is 8.60 Å². The highest BCUT2D eigenvalue weighted by atomic mass is 32.2. The largest absolute Gasteiger partial charge is 0.534 e. The predicted molar refractivity (Wildman–Crippen MR) is 143 cm³/mol. The molecule has 0 aliphatic heterocycles. The van der Waals surface area contributed by atoms with E-state index in [9.17, 15) is 21.6 Å². The summed E-state index contributed by atoms with van der Waals surface area (Å²) >= 11 is 0. The van der Waals surface area contributed by atoms with Crippen LogP contribution in [0.2, 0.25) is 0 Å². The van der Waals surface area contributed by atoms with Crippen molar-refractivity contribution in [1.29, 1.82) is 0 Å². The number of hydrogen-bond donors (Lipinski definition) is 0. The first kappa shape index (κ1) is 26.7. The summed E-state index contributed by atoms with van der Waals surface area (Å²) < 4.78 is 72.4. The fourth-order valence-corrected chi connectivity index (χ4v) is 5.25. The Labute approximate surface area is 225 Å². The molecule has 5 rings (SSSR count). The fraction of sp³-hybridized carbons (Fsp3) is 0.233. The van der Waals surface area contributed by atoms with E-state index in [0.29, 0.717) is 23.6 Å². The lowest BCUT2D eigenvalue weighted by Gasteiger charge is -2.23. The summed E-state index contributed by atoms with van der Waals surface area (Å²) in [5, 5.41) is 0. The number of halogens is 3. The van der Waals surface area contributed by atoms with E-state index in [1.807, 2.05) is 67.6 Å². The van der Waals surface area contributed by atoms with Crippen molar-refractivity contribution in [2.24, 2.45) is 5.92 Å². The van der Waals surface area contributed by atoms with Crippen molar-refractivity contribution >= 4 is 15.7 Å². The molecule has 1 atom stereocenters. The number of alkyl halides is 3. The quantitative estimate of drug-likeness (QED) is 0.171. The Bertz CT molecular complexity index is 1540. The van der Waals surface area contributed by atoms with Crippen LogP contribution < -0.4 is 4.18 Å². The lowest BCUT2D eigenvalue weighted by atomic mass is 9.82. The highest BCUT2D eigenvalue weighted by Crippen LogP contribution is 2.40. The molecular formula is C30H26F3NO4S. The number of benzene rings is 3. The highest BCUT2D eigenvalue weighted by molar-refractivity contribution is 7.88. The van der Waals surface area contributed by atoms with Gasteiger partial charge in [-0.3, -0.25) is 0 Å². The number of allylic oxidation sites excluding steroid dienone is 2. The van der Waals surface area contributed by atoms with Crippen LogP contribution in [0.4, 0.5) is 13.2 Å². The van der Waals surface area contributed by atoms with Gasteiger partial charge in [0, 0.05) is 16.7 Å². The van der Waals surface area contributed by atoms with Crippen molar-refractivity contribution in [3.05, 3.63) is 102 Å². The van der Waals surface area contributed by atoms with Gasteiger partial charge in [-0.25, -0.2) is 4.98 Å². The monoisotopic (exact) mass is 553 g/mol. The fourth-order valence-electron chi connectivity index (χ4n) is 4.80. The Morgan fingerprint density at radius 3 is 2.31 bits per heavy atom. The summed E-state index contributed by atoms with van der Waals surface area (Å²) in [5.74, 6) is 0.758. The average Bonchev–Trinajstić information content (AvgIpc) is 3.36. The Morgan fingerprint density at radius 2 is 1.64 bits per heavy atom. The minimum Gasteiger partial charge on any atom is -0.436 e. The van der Waals surface area contributed by atoms with Crippen molar-refractivity contribution in [3.8, 4) is 28.3 Å².